The SMILES string of the molecule is COC(=O)c1cc(N)cnc1OCc1ccc(Br)cc1. The van der Waals surface area contributed by atoms with E-state index in [-0.39, 0.29) is 11.4 Å². The van der Waals surface area contributed by atoms with Crippen LogP contribution in [0.5, 0.6) is 5.88 Å². The van der Waals surface area contributed by atoms with Crippen LogP contribution in [0.25, 0.3) is 0 Å². The number of nitrogens with zero attached hydrogens (tertiary/aromatic N) is 1. The van der Waals surface area contributed by atoms with Crippen LogP contribution < -0.4 is 10.5 Å². The molecule has 104 valence electrons. The average molecular weight is 337 g/mol. The lowest BCUT2D eigenvalue weighted by molar-refractivity contribution is 0.0594. The van der Waals surface area contributed by atoms with E-state index >= 15 is 0 Å². The highest BCUT2D eigenvalue weighted by Gasteiger charge is 2.15. The van der Waals surface area contributed by atoms with Crippen LogP contribution in [0.2, 0.25) is 0 Å². The largest absolute Gasteiger partial charge is 0.472 e. The van der Waals surface area contributed by atoms with Gasteiger partial charge in [-0.25, -0.2) is 9.78 Å². The van der Waals surface area contributed by atoms with Crippen molar-refractivity contribution < 1.29 is 14.3 Å². The van der Waals surface area contributed by atoms with E-state index in [0.29, 0.717) is 12.3 Å². The third-order valence-corrected chi connectivity index (χ3v) is 3.10. The van der Waals surface area contributed by atoms with E-state index in [1.165, 1.54) is 19.4 Å². The molecule has 0 aliphatic carbocycles. The van der Waals surface area contributed by atoms with Gasteiger partial charge in [-0.3, -0.25) is 0 Å². The van der Waals surface area contributed by atoms with Crippen molar-refractivity contribution in [1.29, 1.82) is 0 Å². The number of methoxy groups -OCH3 is 1. The molecule has 0 spiro atoms. The van der Waals surface area contributed by atoms with E-state index in [1.54, 1.807) is 0 Å². The Kier molecular flexibility index (Phi) is 4.57. The minimum atomic E-state index is -0.532. The van der Waals surface area contributed by atoms with Crippen LogP contribution in [-0.2, 0) is 11.3 Å². The molecule has 5 nitrogen and oxygen atoms in total. The molecular formula is C14H13BrN2O3. The maximum atomic E-state index is 11.6. The van der Waals surface area contributed by atoms with Gasteiger partial charge in [0.05, 0.1) is 19.0 Å². The van der Waals surface area contributed by atoms with Crippen molar-refractivity contribution in [2.75, 3.05) is 12.8 Å². The topological polar surface area (TPSA) is 74.4 Å². The maximum absolute atomic E-state index is 11.6. The van der Waals surface area contributed by atoms with Gasteiger partial charge in [-0.1, -0.05) is 28.1 Å². The molecule has 0 saturated heterocycles. The summed E-state index contributed by atoms with van der Waals surface area (Å²) in [7, 11) is 1.30. The summed E-state index contributed by atoms with van der Waals surface area (Å²) in [5.74, 6) is -0.329. The number of nitrogens with two attached hydrogens (primary N) is 1. The first-order valence-electron chi connectivity index (χ1n) is 5.81. The number of halogens is 1. The lowest BCUT2D eigenvalue weighted by Gasteiger charge is -2.09. The van der Waals surface area contributed by atoms with Gasteiger partial charge in [0.25, 0.3) is 0 Å². The number of esters is 1. The minimum Gasteiger partial charge on any atom is -0.472 e. The second-order valence-electron chi connectivity index (χ2n) is 4.03. The molecule has 0 atom stereocenters. The Hall–Kier alpha value is -2.08. The molecule has 0 aliphatic heterocycles. The van der Waals surface area contributed by atoms with E-state index in [0.717, 1.165) is 10.0 Å². The molecule has 0 unspecified atom stereocenters. The number of aromatic nitrogens is 1. The van der Waals surface area contributed by atoms with Crippen molar-refractivity contribution in [1.82, 2.24) is 4.98 Å². The van der Waals surface area contributed by atoms with Crippen molar-refractivity contribution in [3.63, 3.8) is 0 Å². The second kappa shape index (κ2) is 6.38. The van der Waals surface area contributed by atoms with Crippen LogP contribution in [0.4, 0.5) is 5.69 Å². The molecule has 1 aromatic carbocycles. The fourth-order valence-electron chi connectivity index (χ4n) is 1.57. The monoisotopic (exact) mass is 336 g/mol. The van der Waals surface area contributed by atoms with Crippen molar-refractivity contribution in [2.24, 2.45) is 0 Å². The molecular weight excluding hydrogens is 324 g/mol. The zero-order chi connectivity index (χ0) is 14.5. The number of benzene rings is 1. The summed E-state index contributed by atoms with van der Waals surface area (Å²) in [5.41, 5.74) is 7.16. The molecule has 0 aliphatic rings. The predicted molar refractivity (Wildman–Crippen MR) is 78.5 cm³/mol. The van der Waals surface area contributed by atoms with E-state index in [1.807, 2.05) is 24.3 Å². The molecule has 1 heterocycles. The Labute approximate surface area is 124 Å². The van der Waals surface area contributed by atoms with E-state index in [2.05, 4.69) is 25.7 Å². The van der Waals surface area contributed by atoms with Crippen molar-refractivity contribution in [2.45, 2.75) is 6.61 Å². The molecule has 2 rings (SSSR count). The van der Waals surface area contributed by atoms with Gasteiger partial charge in [0.15, 0.2) is 0 Å². The fraction of sp³-hybridized carbons (Fsp3) is 0.143. The van der Waals surface area contributed by atoms with Gasteiger partial charge in [0, 0.05) is 4.47 Å². The summed E-state index contributed by atoms with van der Waals surface area (Å²) in [5, 5.41) is 0. The van der Waals surface area contributed by atoms with Crippen LogP contribution in [0, 0.1) is 0 Å². The van der Waals surface area contributed by atoms with Crippen molar-refractivity contribution in [3.05, 3.63) is 52.1 Å². The van der Waals surface area contributed by atoms with E-state index in [4.69, 9.17) is 10.5 Å². The zero-order valence-corrected chi connectivity index (χ0v) is 12.4. The molecule has 20 heavy (non-hydrogen) atoms. The summed E-state index contributed by atoms with van der Waals surface area (Å²) in [6.07, 6.45) is 1.43. The van der Waals surface area contributed by atoms with Crippen LogP contribution in [0.1, 0.15) is 15.9 Å². The molecule has 0 fully saturated rings. The first-order valence-corrected chi connectivity index (χ1v) is 6.60. The number of rotatable bonds is 4. The summed E-state index contributed by atoms with van der Waals surface area (Å²) >= 11 is 3.36. The number of anilines is 1. The molecule has 1 aromatic heterocycles. The number of hydrogen-bond donors (Lipinski definition) is 1. The molecule has 0 radical (unpaired) electrons. The number of ether oxygens (including phenoxy) is 2. The van der Waals surface area contributed by atoms with Gasteiger partial charge in [-0.05, 0) is 23.8 Å². The van der Waals surface area contributed by atoms with Crippen molar-refractivity contribution in [3.8, 4) is 5.88 Å². The Morgan fingerprint density at radius 3 is 2.70 bits per heavy atom. The third kappa shape index (κ3) is 3.48. The van der Waals surface area contributed by atoms with Gasteiger partial charge in [-0.15, -0.1) is 0 Å². The highest BCUT2D eigenvalue weighted by atomic mass is 79.9. The Morgan fingerprint density at radius 2 is 2.05 bits per heavy atom. The van der Waals surface area contributed by atoms with Gasteiger partial charge in [0.1, 0.15) is 12.2 Å². The van der Waals surface area contributed by atoms with Gasteiger partial charge >= 0.3 is 5.97 Å². The van der Waals surface area contributed by atoms with Gasteiger partial charge < -0.3 is 15.2 Å². The predicted octanol–water partition coefficient (Wildman–Crippen LogP) is 2.79. The lowest BCUT2D eigenvalue weighted by Crippen LogP contribution is -2.08. The van der Waals surface area contributed by atoms with Crippen molar-refractivity contribution >= 4 is 27.6 Å². The standard InChI is InChI=1S/C14H13BrN2O3/c1-19-14(18)12-6-11(16)7-17-13(12)20-8-9-2-4-10(15)5-3-9/h2-7H,8,16H2,1H3. The van der Waals surface area contributed by atoms with Gasteiger partial charge in [-0.2, -0.15) is 0 Å². The Balaban J connectivity index is 2.16. The summed E-state index contributed by atoms with van der Waals surface area (Å²) in [6.45, 7) is 0.300. The average Bonchev–Trinajstić information content (AvgIpc) is 2.46. The fourth-order valence-corrected chi connectivity index (χ4v) is 1.84. The van der Waals surface area contributed by atoms with Crippen LogP contribution in [-0.4, -0.2) is 18.1 Å². The highest BCUT2D eigenvalue weighted by Crippen LogP contribution is 2.20. The lowest BCUT2D eigenvalue weighted by atomic mass is 10.2. The first-order chi connectivity index (χ1) is 9.60. The van der Waals surface area contributed by atoms with E-state index in [9.17, 15) is 4.79 Å². The summed E-state index contributed by atoms with van der Waals surface area (Å²) in [6, 6.07) is 9.14. The highest BCUT2D eigenvalue weighted by molar-refractivity contribution is 9.10. The normalized spacial score (nSPS) is 10.1. The Bertz CT molecular complexity index is 614. The number of nitrogen functional groups attached to an aromatic ring is 1. The number of hydrogen-bond acceptors (Lipinski definition) is 5. The quantitative estimate of drug-likeness (QED) is 0.869. The summed E-state index contributed by atoms with van der Waals surface area (Å²) < 4.78 is 11.2. The van der Waals surface area contributed by atoms with Crippen LogP contribution in [0.15, 0.2) is 41.0 Å². The van der Waals surface area contributed by atoms with Crippen LogP contribution >= 0.6 is 15.9 Å². The van der Waals surface area contributed by atoms with Crippen LogP contribution in [0.3, 0.4) is 0 Å². The molecule has 0 amide bonds. The maximum Gasteiger partial charge on any atom is 0.343 e. The summed E-state index contributed by atoms with van der Waals surface area (Å²) in [4.78, 5) is 15.7. The smallest absolute Gasteiger partial charge is 0.343 e. The molecule has 2 N–H and O–H groups in total. The molecule has 6 heteroatoms. The number of carbonyl (C=O) groups is 1. The number of pyridine rings is 1. The minimum absolute atomic E-state index is 0.203. The third-order valence-electron chi connectivity index (χ3n) is 2.57. The van der Waals surface area contributed by atoms with Gasteiger partial charge in [0.2, 0.25) is 5.88 Å². The zero-order valence-electron chi connectivity index (χ0n) is 10.8. The molecule has 0 bridgehead atoms. The number of carbonyl (C=O) groups excluding carboxylic acids is 1. The molecule has 2 aromatic rings. The first kappa shape index (κ1) is 14.3. The second-order valence-corrected chi connectivity index (χ2v) is 4.94. The molecule has 0 saturated carbocycles. The van der Waals surface area contributed by atoms with E-state index < -0.39 is 5.97 Å². The Morgan fingerprint density at radius 1 is 1.35 bits per heavy atom.